The van der Waals surface area contributed by atoms with Crippen LogP contribution in [0, 0.1) is 0 Å². The van der Waals surface area contributed by atoms with E-state index in [1.54, 1.807) is 0 Å². The number of hydrogen-bond donors (Lipinski definition) is 0. The molecule has 3 aromatic heterocycles. The number of carbonyl (C=O) groups is 1. The summed E-state index contributed by atoms with van der Waals surface area (Å²) in [5.41, 5.74) is 2.76. The molecule has 0 N–H and O–H groups in total. The second kappa shape index (κ2) is 6.23. The number of aromatic nitrogens is 4. The summed E-state index contributed by atoms with van der Waals surface area (Å²) in [6.45, 7) is 1.49. The van der Waals surface area contributed by atoms with Crippen molar-refractivity contribution < 1.29 is 4.79 Å². The number of benzene rings is 1. The van der Waals surface area contributed by atoms with Crippen LogP contribution in [0.3, 0.4) is 0 Å². The maximum Gasteiger partial charge on any atom is 0.256 e. The van der Waals surface area contributed by atoms with E-state index >= 15 is 0 Å². The third kappa shape index (κ3) is 2.60. The van der Waals surface area contributed by atoms with Crippen LogP contribution in [0.25, 0.3) is 16.6 Å². The molecule has 1 aromatic carbocycles. The average Bonchev–Trinajstić information content (AvgIpc) is 3.29. The van der Waals surface area contributed by atoms with E-state index in [9.17, 15) is 4.79 Å². The number of carbonyl (C=O) groups excluding carboxylic acids is 1. The second-order valence-electron chi connectivity index (χ2n) is 7.22. The molecule has 1 aliphatic rings. The highest BCUT2D eigenvalue weighted by Crippen LogP contribution is 2.29. The smallest absolute Gasteiger partial charge is 0.256 e. The first-order valence-corrected chi connectivity index (χ1v) is 9.35. The number of fused-ring (bicyclic) bond motifs is 2. The van der Waals surface area contributed by atoms with Crippen LogP contribution in [-0.2, 0) is 7.05 Å². The lowest BCUT2D eigenvalue weighted by molar-refractivity contribution is 0.0712. The van der Waals surface area contributed by atoms with E-state index < -0.39 is 0 Å². The molecule has 1 aliphatic heterocycles. The fourth-order valence-corrected chi connectivity index (χ4v) is 4.16. The fourth-order valence-electron chi connectivity index (χ4n) is 4.16. The summed E-state index contributed by atoms with van der Waals surface area (Å²) in [4.78, 5) is 15.1. The molecule has 0 atom stereocenters. The number of para-hydroxylation sites is 1. The van der Waals surface area contributed by atoms with Gasteiger partial charge >= 0.3 is 0 Å². The van der Waals surface area contributed by atoms with Crippen molar-refractivity contribution in [3.63, 3.8) is 0 Å². The van der Waals surface area contributed by atoms with Crippen LogP contribution in [0.4, 0.5) is 0 Å². The van der Waals surface area contributed by atoms with Crippen molar-refractivity contribution in [3.05, 3.63) is 66.2 Å². The Balaban J connectivity index is 1.36. The first-order chi connectivity index (χ1) is 13.2. The van der Waals surface area contributed by atoms with E-state index in [1.807, 2.05) is 65.3 Å². The molecule has 4 heterocycles. The molecular weight excluding hydrogens is 338 g/mol. The minimum atomic E-state index is 0.122. The number of nitrogens with zero attached hydrogens (tertiary/aromatic N) is 5. The zero-order valence-corrected chi connectivity index (χ0v) is 15.2. The van der Waals surface area contributed by atoms with Crippen LogP contribution in [0.2, 0.25) is 0 Å². The molecule has 0 spiro atoms. The topological polar surface area (TPSA) is 55.4 Å². The predicted octanol–water partition coefficient (Wildman–Crippen LogP) is 3.24. The zero-order chi connectivity index (χ0) is 18.4. The number of rotatable bonds is 2. The largest absolute Gasteiger partial charge is 0.350 e. The Bertz CT molecular complexity index is 1130. The lowest BCUT2D eigenvalue weighted by Gasteiger charge is -2.31. The maximum absolute atomic E-state index is 13.1. The van der Waals surface area contributed by atoms with Gasteiger partial charge in [0.2, 0.25) is 0 Å². The molecular formula is C21H21N5O. The van der Waals surface area contributed by atoms with Gasteiger partial charge in [-0.1, -0.05) is 24.3 Å². The molecule has 27 heavy (non-hydrogen) atoms. The van der Waals surface area contributed by atoms with E-state index in [4.69, 9.17) is 0 Å². The average molecular weight is 359 g/mol. The van der Waals surface area contributed by atoms with Gasteiger partial charge in [-0.15, -0.1) is 10.2 Å². The normalized spacial score (nSPS) is 15.7. The summed E-state index contributed by atoms with van der Waals surface area (Å²) in [6.07, 6.45) is 5.78. The van der Waals surface area contributed by atoms with Crippen molar-refractivity contribution in [2.45, 2.75) is 18.8 Å². The summed E-state index contributed by atoms with van der Waals surface area (Å²) in [6, 6.07) is 14.0. The molecule has 0 aliphatic carbocycles. The Kier molecular flexibility index (Phi) is 3.70. The molecule has 1 fully saturated rings. The monoisotopic (exact) mass is 359 g/mol. The van der Waals surface area contributed by atoms with Gasteiger partial charge in [-0.05, 0) is 31.0 Å². The first-order valence-electron chi connectivity index (χ1n) is 9.35. The molecule has 6 nitrogen and oxygen atoms in total. The van der Waals surface area contributed by atoms with Gasteiger partial charge in [0.15, 0.2) is 5.65 Å². The Morgan fingerprint density at radius 2 is 1.81 bits per heavy atom. The SMILES string of the molecule is Cn1cc(C(=O)N2CCC(c3nnc4ccccn34)CC2)c2ccccc21. The number of aryl methyl sites for hydroxylation is 1. The van der Waals surface area contributed by atoms with E-state index in [0.717, 1.165) is 53.9 Å². The van der Waals surface area contributed by atoms with Crippen molar-refractivity contribution in [2.75, 3.05) is 13.1 Å². The van der Waals surface area contributed by atoms with Crippen LogP contribution < -0.4 is 0 Å². The summed E-state index contributed by atoms with van der Waals surface area (Å²) in [5, 5.41) is 9.68. The van der Waals surface area contributed by atoms with Crippen molar-refractivity contribution >= 4 is 22.5 Å². The van der Waals surface area contributed by atoms with Crippen molar-refractivity contribution in [2.24, 2.45) is 7.05 Å². The number of hydrogen-bond acceptors (Lipinski definition) is 3. The zero-order valence-electron chi connectivity index (χ0n) is 15.2. The van der Waals surface area contributed by atoms with Crippen LogP contribution in [0.1, 0.15) is 34.9 Å². The standard InChI is InChI=1S/C21H21N5O/c1-24-14-17(16-6-2-3-7-18(16)24)21(27)25-12-9-15(10-13-25)20-23-22-19-8-4-5-11-26(19)20/h2-8,11,14-15H,9-10,12-13H2,1H3. The van der Waals surface area contributed by atoms with Crippen LogP contribution in [0.5, 0.6) is 0 Å². The molecule has 0 bridgehead atoms. The number of amides is 1. The van der Waals surface area contributed by atoms with Crippen LogP contribution in [-0.4, -0.2) is 43.1 Å². The summed E-state index contributed by atoms with van der Waals surface area (Å²) >= 11 is 0. The second-order valence-corrected chi connectivity index (χ2v) is 7.22. The van der Waals surface area contributed by atoms with Crippen LogP contribution >= 0.6 is 0 Å². The predicted molar refractivity (Wildman–Crippen MR) is 104 cm³/mol. The highest BCUT2D eigenvalue weighted by atomic mass is 16.2. The van der Waals surface area contributed by atoms with Gasteiger partial charge < -0.3 is 9.47 Å². The molecule has 0 radical (unpaired) electrons. The number of pyridine rings is 1. The Morgan fingerprint density at radius 1 is 1.04 bits per heavy atom. The molecule has 136 valence electrons. The maximum atomic E-state index is 13.1. The molecule has 6 heteroatoms. The molecule has 0 unspecified atom stereocenters. The summed E-state index contributed by atoms with van der Waals surface area (Å²) in [5.74, 6) is 1.46. The van der Waals surface area contributed by atoms with E-state index in [1.165, 1.54) is 0 Å². The van der Waals surface area contributed by atoms with Gasteiger partial charge in [-0.2, -0.15) is 0 Å². The molecule has 1 saturated heterocycles. The van der Waals surface area contributed by atoms with Crippen LogP contribution in [0.15, 0.2) is 54.9 Å². The van der Waals surface area contributed by atoms with Gasteiger partial charge in [0, 0.05) is 49.4 Å². The number of likely N-dealkylation sites (tertiary alicyclic amines) is 1. The Morgan fingerprint density at radius 3 is 2.67 bits per heavy atom. The van der Waals surface area contributed by atoms with Gasteiger partial charge in [0.25, 0.3) is 5.91 Å². The van der Waals surface area contributed by atoms with Crippen molar-refractivity contribution in [1.29, 1.82) is 0 Å². The van der Waals surface area contributed by atoms with Gasteiger partial charge in [-0.3, -0.25) is 9.20 Å². The fraction of sp³-hybridized carbons (Fsp3) is 0.286. The molecule has 1 amide bonds. The summed E-state index contributed by atoms with van der Waals surface area (Å²) in [7, 11) is 1.99. The van der Waals surface area contributed by atoms with E-state index in [-0.39, 0.29) is 5.91 Å². The third-order valence-corrected chi connectivity index (χ3v) is 5.61. The molecule has 5 rings (SSSR count). The molecule has 4 aromatic rings. The van der Waals surface area contributed by atoms with E-state index in [0.29, 0.717) is 5.92 Å². The first kappa shape index (κ1) is 16.1. The molecule has 0 saturated carbocycles. The highest BCUT2D eigenvalue weighted by Gasteiger charge is 2.28. The van der Waals surface area contributed by atoms with Gasteiger partial charge in [-0.25, -0.2) is 0 Å². The van der Waals surface area contributed by atoms with Gasteiger partial charge in [0.05, 0.1) is 5.56 Å². The van der Waals surface area contributed by atoms with Crippen molar-refractivity contribution in [1.82, 2.24) is 24.1 Å². The lowest BCUT2D eigenvalue weighted by Crippen LogP contribution is -2.38. The van der Waals surface area contributed by atoms with Crippen molar-refractivity contribution in [3.8, 4) is 0 Å². The van der Waals surface area contributed by atoms with E-state index in [2.05, 4.69) is 20.7 Å². The third-order valence-electron chi connectivity index (χ3n) is 5.61. The quantitative estimate of drug-likeness (QED) is 0.552. The Hall–Kier alpha value is -3.15. The highest BCUT2D eigenvalue weighted by molar-refractivity contribution is 6.07. The van der Waals surface area contributed by atoms with Gasteiger partial charge in [0.1, 0.15) is 5.82 Å². The summed E-state index contributed by atoms with van der Waals surface area (Å²) < 4.78 is 4.09. The minimum absolute atomic E-state index is 0.122. The number of piperidine rings is 1. The minimum Gasteiger partial charge on any atom is -0.350 e. The lowest BCUT2D eigenvalue weighted by atomic mass is 9.95. The Labute approximate surface area is 157 Å².